The molecule has 2 aromatic rings. The van der Waals surface area contributed by atoms with Gasteiger partial charge in [0.25, 0.3) is 0 Å². The molecule has 2 aromatic heterocycles. The summed E-state index contributed by atoms with van der Waals surface area (Å²) < 4.78 is 5.49. The zero-order valence-corrected chi connectivity index (χ0v) is 8.53. The van der Waals surface area contributed by atoms with Gasteiger partial charge in [-0.1, -0.05) is 0 Å². The molecule has 0 fully saturated rings. The van der Waals surface area contributed by atoms with E-state index in [-0.39, 0.29) is 6.61 Å². The number of aromatic amines is 1. The maximum atomic E-state index is 8.87. The Balaban J connectivity index is 2.30. The van der Waals surface area contributed by atoms with E-state index in [1.807, 2.05) is 17.9 Å². The van der Waals surface area contributed by atoms with Crippen molar-refractivity contribution in [3.63, 3.8) is 0 Å². The average molecular weight is 210 g/mol. The van der Waals surface area contributed by atoms with Crippen LogP contribution in [0.15, 0.2) is 10.5 Å². The SMILES string of the molecule is CCN(CCO)c1cc2[nH]c(N)nc2o1. The van der Waals surface area contributed by atoms with Crippen molar-refractivity contribution >= 4 is 23.1 Å². The number of fused-ring (bicyclic) bond motifs is 1. The quantitative estimate of drug-likeness (QED) is 0.685. The molecular weight excluding hydrogens is 196 g/mol. The summed E-state index contributed by atoms with van der Waals surface area (Å²) in [6.07, 6.45) is 0. The molecule has 2 heterocycles. The van der Waals surface area contributed by atoms with Crippen LogP contribution in [0.1, 0.15) is 6.92 Å². The maximum absolute atomic E-state index is 8.87. The zero-order chi connectivity index (χ0) is 10.8. The van der Waals surface area contributed by atoms with E-state index in [1.54, 1.807) is 0 Å². The minimum absolute atomic E-state index is 0.0953. The van der Waals surface area contributed by atoms with E-state index >= 15 is 0 Å². The lowest BCUT2D eigenvalue weighted by molar-refractivity contribution is 0.300. The van der Waals surface area contributed by atoms with E-state index in [4.69, 9.17) is 15.3 Å². The van der Waals surface area contributed by atoms with Crippen LogP contribution < -0.4 is 10.6 Å². The monoisotopic (exact) mass is 210 g/mol. The highest BCUT2D eigenvalue weighted by molar-refractivity contribution is 5.75. The Morgan fingerprint density at radius 1 is 1.67 bits per heavy atom. The second-order valence-electron chi connectivity index (χ2n) is 3.23. The Labute approximate surface area is 86.7 Å². The van der Waals surface area contributed by atoms with Crippen molar-refractivity contribution in [1.29, 1.82) is 0 Å². The van der Waals surface area contributed by atoms with Crippen LogP contribution >= 0.6 is 0 Å². The normalized spacial score (nSPS) is 11.1. The molecule has 0 saturated heterocycles. The molecule has 4 N–H and O–H groups in total. The third-order valence-electron chi connectivity index (χ3n) is 2.25. The number of rotatable bonds is 4. The highest BCUT2D eigenvalue weighted by Crippen LogP contribution is 2.24. The van der Waals surface area contributed by atoms with Crippen LogP contribution in [0.2, 0.25) is 0 Å². The summed E-state index contributed by atoms with van der Waals surface area (Å²) >= 11 is 0. The minimum Gasteiger partial charge on any atom is -0.420 e. The van der Waals surface area contributed by atoms with Crippen LogP contribution in [0.5, 0.6) is 0 Å². The summed E-state index contributed by atoms with van der Waals surface area (Å²) in [5.74, 6) is 1.04. The van der Waals surface area contributed by atoms with Gasteiger partial charge in [0.05, 0.1) is 6.61 Å². The fourth-order valence-electron chi connectivity index (χ4n) is 1.52. The summed E-state index contributed by atoms with van der Waals surface area (Å²) in [5.41, 5.74) is 6.75. The van der Waals surface area contributed by atoms with E-state index in [9.17, 15) is 0 Å². The van der Waals surface area contributed by atoms with Crippen molar-refractivity contribution in [2.75, 3.05) is 30.3 Å². The molecule has 15 heavy (non-hydrogen) atoms. The van der Waals surface area contributed by atoms with Gasteiger partial charge in [-0.25, -0.2) is 0 Å². The highest BCUT2D eigenvalue weighted by atomic mass is 16.4. The first-order valence-corrected chi connectivity index (χ1v) is 4.85. The Hall–Kier alpha value is -1.69. The van der Waals surface area contributed by atoms with Crippen molar-refractivity contribution in [3.8, 4) is 0 Å². The summed E-state index contributed by atoms with van der Waals surface area (Å²) in [6, 6.07) is 1.83. The molecule has 2 rings (SSSR count). The lowest BCUT2D eigenvalue weighted by Crippen LogP contribution is -2.25. The molecule has 0 spiro atoms. The molecule has 0 aromatic carbocycles. The van der Waals surface area contributed by atoms with Crippen LogP contribution in [-0.4, -0.2) is 34.8 Å². The van der Waals surface area contributed by atoms with Crippen LogP contribution in [0.25, 0.3) is 11.2 Å². The number of imidazole rings is 1. The number of aromatic nitrogens is 2. The lowest BCUT2D eigenvalue weighted by Gasteiger charge is -2.17. The Morgan fingerprint density at radius 2 is 2.47 bits per heavy atom. The number of likely N-dealkylation sites (N-methyl/N-ethyl adjacent to an activating group) is 1. The number of nitrogens with one attached hydrogen (secondary N) is 1. The van der Waals surface area contributed by atoms with Gasteiger partial charge in [-0.15, -0.1) is 0 Å². The molecular formula is C9H14N4O2. The van der Waals surface area contributed by atoms with Crippen molar-refractivity contribution in [1.82, 2.24) is 9.97 Å². The predicted molar refractivity (Wildman–Crippen MR) is 57.7 cm³/mol. The number of anilines is 2. The van der Waals surface area contributed by atoms with Gasteiger partial charge in [0.2, 0.25) is 17.5 Å². The molecule has 0 saturated carbocycles. The number of hydrogen-bond donors (Lipinski definition) is 3. The fraction of sp³-hybridized carbons (Fsp3) is 0.444. The smallest absolute Gasteiger partial charge is 0.248 e. The van der Waals surface area contributed by atoms with E-state index in [0.717, 1.165) is 12.1 Å². The second kappa shape index (κ2) is 3.82. The van der Waals surface area contributed by atoms with Gasteiger partial charge in [-0.05, 0) is 6.92 Å². The maximum Gasteiger partial charge on any atom is 0.248 e. The van der Waals surface area contributed by atoms with E-state index in [1.165, 1.54) is 0 Å². The third-order valence-corrected chi connectivity index (χ3v) is 2.25. The molecule has 6 heteroatoms. The summed E-state index contributed by atoms with van der Waals surface area (Å²) in [6.45, 7) is 3.40. The lowest BCUT2D eigenvalue weighted by atomic mass is 10.4. The van der Waals surface area contributed by atoms with Crippen LogP contribution in [-0.2, 0) is 0 Å². The zero-order valence-electron chi connectivity index (χ0n) is 8.53. The van der Waals surface area contributed by atoms with Crippen LogP contribution in [0.3, 0.4) is 0 Å². The van der Waals surface area contributed by atoms with Gasteiger partial charge in [-0.2, -0.15) is 4.98 Å². The first kappa shape index (κ1) is 9.85. The molecule has 0 amide bonds. The van der Waals surface area contributed by atoms with Crippen molar-refractivity contribution in [3.05, 3.63) is 6.07 Å². The highest BCUT2D eigenvalue weighted by Gasteiger charge is 2.12. The molecule has 0 radical (unpaired) electrons. The molecule has 82 valence electrons. The van der Waals surface area contributed by atoms with E-state index < -0.39 is 0 Å². The van der Waals surface area contributed by atoms with Crippen LogP contribution in [0.4, 0.5) is 11.8 Å². The molecule has 0 aliphatic carbocycles. The van der Waals surface area contributed by atoms with Crippen molar-refractivity contribution in [2.45, 2.75) is 6.92 Å². The summed E-state index contributed by atoms with van der Waals surface area (Å²) in [7, 11) is 0. The molecule has 0 bridgehead atoms. The Morgan fingerprint density at radius 3 is 3.07 bits per heavy atom. The number of nitrogens with zero attached hydrogens (tertiary/aromatic N) is 2. The fourth-order valence-corrected chi connectivity index (χ4v) is 1.52. The second-order valence-corrected chi connectivity index (χ2v) is 3.23. The van der Waals surface area contributed by atoms with Crippen molar-refractivity contribution < 1.29 is 9.52 Å². The Bertz CT molecular complexity index is 416. The van der Waals surface area contributed by atoms with Crippen molar-refractivity contribution in [2.24, 2.45) is 0 Å². The third kappa shape index (κ3) is 1.75. The van der Waals surface area contributed by atoms with Gasteiger partial charge in [-0.3, -0.25) is 0 Å². The first-order chi connectivity index (χ1) is 7.24. The molecule has 0 atom stereocenters. The molecule has 0 aliphatic rings. The van der Waals surface area contributed by atoms with E-state index in [0.29, 0.717) is 24.1 Å². The first-order valence-electron chi connectivity index (χ1n) is 4.85. The predicted octanol–water partition coefficient (Wildman–Crippen LogP) is 0.557. The molecule has 6 nitrogen and oxygen atoms in total. The minimum atomic E-state index is 0.0953. The van der Waals surface area contributed by atoms with Gasteiger partial charge >= 0.3 is 0 Å². The summed E-state index contributed by atoms with van der Waals surface area (Å²) in [5, 5.41) is 8.87. The van der Waals surface area contributed by atoms with E-state index in [2.05, 4.69) is 9.97 Å². The number of aliphatic hydroxyl groups excluding tert-OH is 1. The van der Waals surface area contributed by atoms with Gasteiger partial charge in [0.1, 0.15) is 5.52 Å². The summed E-state index contributed by atoms with van der Waals surface area (Å²) in [4.78, 5) is 8.78. The number of furan rings is 1. The van der Waals surface area contributed by atoms with Crippen LogP contribution in [0, 0.1) is 0 Å². The number of H-pyrrole nitrogens is 1. The Kier molecular flexibility index (Phi) is 2.51. The number of hydrogen-bond acceptors (Lipinski definition) is 5. The molecule has 0 aliphatic heterocycles. The number of aliphatic hydroxyl groups is 1. The van der Waals surface area contributed by atoms with Gasteiger partial charge < -0.3 is 25.1 Å². The number of nitrogens with two attached hydrogens (primary N) is 1. The van der Waals surface area contributed by atoms with Gasteiger partial charge in [0.15, 0.2) is 0 Å². The topological polar surface area (TPSA) is 91.3 Å². The molecule has 0 unspecified atom stereocenters. The number of nitrogen functional groups attached to an aromatic ring is 1. The standard InChI is InChI=1S/C9H14N4O2/c1-2-13(3-4-14)7-5-6-8(15-7)12-9(10)11-6/h5,14H,2-4H2,1H3,(H3,10,11,12). The largest absolute Gasteiger partial charge is 0.420 e. The van der Waals surface area contributed by atoms with Gasteiger partial charge in [0, 0.05) is 19.2 Å². The average Bonchev–Trinajstić information content (AvgIpc) is 2.70.